The number of carboxylic acid groups (broad SMARTS) is 1. The Balaban J connectivity index is 2.80. The summed E-state index contributed by atoms with van der Waals surface area (Å²) in [6, 6.07) is 1.44. The number of aryl methyl sites for hydroxylation is 1. The molecule has 5 heteroatoms. The van der Waals surface area contributed by atoms with E-state index in [0.29, 0.717) is 5.56 Å². The third-order valence-corrected chi connectivity index (χ3v) is 1.83. The molecule has 88 valence electrons. The Morgan fingerprint density at radius 1 is 1.62 bits per heavy atom. The Kier molecular flexibility index (Phi) is 3.47. The molecule has 1 rings (SSSR count). The first-order valence-electron chi connectivity index (χ1n) is 4.81. The smallest absolute Gasteiger partial charge is 0.337 e. The molecule has 0 atom stereocenters. The Bertz CT molecular complexity index is 399. The standard InChI is InChI=1S/C11H14FNO3/c1-7-4-8(10(14)15)5-13-9(7)16-6-11(2,3)12/h4-5H,6H2,1-3H3,(H,14,15). The Morgan fingerprint density at radius 2 is 2.25 bits per heavy atom. The molecule has 0 spiro atoms. The summed E-state index contributed by atoms with van der Waals surface area (Å²) >= 11 is 0. The summed E-state index contributed by atoms with van der Waals surface area (Å²) in [5.74, 6) is -0.788. The minimum absolute atomic E-state index is 0.0874. The number of hydrogen-bond donors (Lipinski definition) is 1. The number of hydrogen-bond acceptors (Lipinski definition) is 3. The number of alkyl halides is 1. The van der Waals surface area contributed by atoms with Gasteiger partial charge in [-0.2, -0.15) is 0 Å². The second kappa shape index (κ2) is 4.47. The number of ether oxygens (including phenoxy) is 1. The minimum atomic E-state index is -1.44. The highest BCUT2D eigenvalue weighted by molar-refractivity contribution is 5.87. The van der Waals surface area contributed by atoms with Crippen molar-refractivity contribution in [1.82, 2.24) is 4.98 Å². The van der Waals surface area contributed by atoms with Gasteiger partial charge in [-0.25, -0.2) is 14.2 Å². The maximum absolute atomic E-state index is 13.2. The summed E-state index contributed by atoms with van der Waals surface area (Å²) in [6.45, 7) is 4.34. The third-order valence-electron chi connectivity index (χ3n) is 1.83. The first kappa shape index (κ1) is 12.4. The zero-order valence-corrected chi connectivity index (χ0v) is 9.45. The first-order valence-corrected chi connectivity index (χ1v) is 4.81. The lowest BCUT2D eigenvalue weighted by Gasteiger charge is -2.15. The van der Waals surface area contributed by atoms with E-state index in [1.54, 1.807) is 6.92 Å². The van der Waals surface area contributed by atoms with Gasteiger partial charge in [0, 0.05) is 11.8 Å². The Labute approximate surface area is 93.1 Å². The second-order valence-corrected chi connectivity index (χ2v) is 4.16. The number of halogens is 1. The van der Waals surface area contributed by atoms with Crippen LogP contribution in [0.4, 0.5) is 4.39 Å². The van der Waals surface area contributed by atoms with Crippen LogP contribution in [0, 0.1) is 6.92 Å². The molecule has 0 fully saturated rings. The normalized spacial score (nSPS) is 11.2. The van der Waals surface area contributed by atoms with Crippen molar-refractivity contribution < 1.29 is 19.0 Å². The topological polar surface area (TPSA) is 59.4 Å². The fourth-order valence-corrected chi connectivity index (χ4v) is 1.07. The van der Waals surface area contributed by atoms with Crippen LogP contribution in [0.2, 0.25) is 0 Å². The highest BCUT2D eigenvalue weighted by Crippen LogP contribution is 2.18. The molecule has 4 nitrogen and oxygen atoms in total. The molecule has 1 N–H and O–H groups in total. The Hall–Kier alpha value is -1.65. The SMILES string of the molecule is Cc1cc(C(=O)O)cnc1OCC(C)(C)F. The molecular formula is C11H14FNO3. The van der Waals surface area contributed by atoms with Crippen LogP contribution in [0.25, 0.3) is 0 Å². The van der Waals surface area contributed by atoms with Crippen LogP contribution < -0.4 is 4.74 Å². The largest absolute Gasteiger partial charge is 0.478 e. The molecule has 0 saturated carbocycles. The van der Waals surface area contributed by atoms with E-state index in [4.69, 9.17) is 9.84 Å². The van der Waals surface area contributed by atoms with Crippen LogP contribution in [0.3, 0.4) is 0 Å². The van der Waals surface area contributed by atoms with Gasteiger partial charge in [-0.15, -0.1) is 0 Å². The van der Waals surface area contributed by atoms with Gasteiger partial charge >= 0.3 is 5.97 Å². The van der Waals surface area contributed by atoms with Gasteiger partial charge in [0.25, 0.3) is 0 Å². The highest BCUT2D eigenvalue weighted by Gasteiger charge is 2.17. The van der Waals surface area contributed by atoms with Crippen molar-refractivity contribution in [3.63, 3.8) is 0 Å². The van der Waals surface area contributed by atoms with E-state index in [1.807, 2.05) is 0 Å². The number of nitrogens with zero attached hydrogens (tertiary/aromatic N) is 1. The zero-order chi connectivity index (χ0) is 12.3. The average molecular weight is 227 g/mol. The number of aromatic carboxylic acids is 1. The fraction of sp³-hybridized carbons (Fsp3) is 0.455. The summed E-state index contributed by atoms with van der Waals surface area (Å²) in [4.78, 5) is 14.5. The second-order valence-electron chi connectivity index (χ2n) is 4.16. The van der Waals surface area contributed by atoms with E-state index in [2.05, 4.69) is 4.98 Å². The first-order chi connectivity index (χ1) is 7.29. The van der Waals surface area contributed by atoms with E-state index >= 15 is 0 Å². The molecule has 1 aromatic heterocycles. The maximum atomic E-state index is 13.2. The van der Waals surface area contributed by atoms with Gasteiger partial charge in [0.15, 0.2) is 0 Å². The highest BCUT2D eigenvalue weighted by atomic mass is 19.1. The van der Waals surface area contributed by atoms with Crippen LogP contribution in [0.5, 0.6) is 5.88 Å². The van der Waals surface area contributed by atoms with Gasteiger partial charge in [0.2, 0.25) is 5.88 Å². The molecule has 0 aliphatic carbocycles. The molecule has 1 heterocycles. The van der Waals surface area contributed by atoms with E-state index < -0.39 is 11.6 Å². The van der Waals surface area contributed by atoms with Crippen molar-refractivity contribution in [3.8, 4) is 5.88 Å². The predicted molar refractivity (Wildman–Crippen MR) is 56.6 cm³/mol. The molecule has 16 heavy (non-hydrogen) atoms. The molecule has 0 amide bonds. The van der Waals surface area contributed by atoms with E-state index in [9.17, 15) is 9.18 Å². The molecule has 0 unspecified atom stereocenters. The number of carboxylic acids is 1. The summed E-state index contributed by atoms with van der Waals surface area (Å²) in [7, 11) is 0. The monoisotopic (exact) mass is 227 g/mol. The molecule has 0 bridgehead atoms. The number of pyridine rings is 1. The van der Waals surface area contributed by atoms with Gasteiger partial charge in [-0.05, 0) is 26.8 Å². The van der Waals surface area contributed by atoms with Gasteiger partial charge in [-0.3, -0.25) is 0 Å². The van der Waals surface area contributed by atoms with Gasteiger partial charge < -0.3 is 9.84 Å². The van der Waals surface area contributed by atoms with Crippen LogP contribution in [-0.4, -0.2) is 28.3 Å². The molecule has 0 radical (unpaired) electrons. The van der Waals surface area contributed by atoms with E-state index in [-0.39, 0.29) is 18.1 Å². The van der Waals surface area contributed by atoms with Crippen LogP contribution >= 0.6 is 0 Å². The van der Waals surface area contributed by atoms with Gasteiger partial charge in [0.1, 0.15) is 12.3 Å². The fourth-order valence-electron chi connectivity index (χ4n) is 1.07. The summed E-state index contributed by atoms with van der Waals surface area (Å²) in [5.41, 5.74) is -0.784. The quantitative estimate of drug-likeness (QED) is 0.856. The maximum Gasteiger partial charge on any atom is 0.337 e. The summed E-state index contributed by atoms with van der Waals surface area (Å²) in [6.07, 6.45) is 1.19. The lowest BCUT2D eigenvalue weighted by atomic mass is 10.2. The van der Waals surface area contributed by atoms with Crippen LogP contribution in [0.15, 0.2) is 12.3 Å². The van der Waals surface area contributed by atoms with Crippen molar-refractivity contribution in [3.05, 3.63) is 23.4 Å². The molecule has 0 aliphatic heterocycles. The average Bonchev–Trinajstić information content (AvgIpc) is 2.14. The van der Waals surface area contributed by atoms with E-state index in [1.165, 1.54) is 26.1 Å². The summed E-state index contributed by atoms with van der Waals surface area (Å²) in [5, 5.41) is 8.72. The Morgan fingerprint density at radius 3 is 2.69 bits per heavy atom. The predicted octanol–water partition coefficient (Wildman–Crippen LogP) is 2.22. The number of rotatable bonds is 4. The molecule has 0 aromatic carbocycles. The number of aromatic nitrogens is 1. The third kappa shape index (κ3) is 3.49. The molecule has 0 aliphatic rings. The zero-order valence-electron chi connectivity index (χ0n) is 9.45. The lowest BCUT2D eigenvalue weighted by molar-refractivity contribution is 0.0695. The molecule has 0 saturated heterocycles. The minimum Gasteiger partial charge on any atom is -0.478 e. The van der Waals surface area contributed by atoms with Crippen molar-refractivity contribution in [2.75, 3.05) is 6.61 Å². The lowest BCUT2D eigenvalue weighted by Crippen LogP contribution is -2.23. The molecule has 1 aromatic rings. The molecular weight excluding hydrogens is 213 g/mol. The van der Waals surface area contributed by atoms with Crippen molar-refractivity contribution in [1.29, 1.82) is 0 Å². The van der Waals surface area contributed by atoms with Crippen molar-refractivity contribution >= 4 is 5.97 Å². The van der Waals surface area contributed by atoms with Crippen molar-refractivity contribution in [2.45, 2.75) is 26.4 Å². The summed E-state index contributed by atoms with van der Waals surface area (Å²) < 4.78 is 18.3. The van der Waals surface area contributed by atoms with Gasteiger partial charge in [-0.1, -0.05) is 0 Å². The van der Waals surface area contributed by atoms with Crippen LogP contribution in [-0.2, 0) is 0 Å². The number of carbonyl (C=O) groups is 1. The van der Waals surface area contributed by atoms with Gasteiger partial charge in [0.05, 0.1) is 5.56 Å². The van der Waals surface area contributed by atoms with E-state index in [0.717, 1.165) is 0 Å². The van der Waals surface area contributed by atoms with Crippen molar-refractivity contribution in [2.24, 2.45) is 0 Å². The van der Waals surface area contributed by atoms with Crippen LogP contribution in [0.1, 0.15) is 29.8 Å².